The molecule has 0 aliphatic carbocycles. The molecule has 0 heterocycles. The molecule has 0 aliphatic rings. The fourth-order valence-electron chi connectivity index (χ4n) is 2.47. The number of benzene rings is 2. The molecule has 0 aromatic heterocycles. The van der Waals surface area contributed by atoms with Crippen molar-refractivity contribution < 1.29 is 9.13 Å². The lowest BCUT2D eigenvalue weighted by Gasteiger charge is -2.13. The number of nitrogens with one attached hydrogen (secondary N) is 1. The van der Waals surface area contributed by atoms with Crippen molar-refractivity contribution in [2.45, 2.75) is 45.8 Å². The number of hydrogen-bond acceptors (Lipinski definition) is 2. The van der Waals surface area contributed by atoms with Crippen LogP contribution in [0.2, 0.25) is 0 Å². The lowest BCUT2D eigenvalue weighted by Crippen LogP contribution is -2.15. The normalized spacial score (nSPS) is 10.4. The van der Waals surface area contributed by atoms with Gasteiger partial charge in [0, 0.05) is 16.6 Å². The van der Waals surface area contributed by atoms with Crippen LogP contribution < -0.4 is 10.1 Å². The molecular formula is C20H26BrClFNO. The average Bonchev–Trinajstić information content (AvgIpc) is 2.58. The third-order valence-electron chi connectivity index (χ3n) is 3.85. The van der Waals surface area contributed by atoms with Gasteiger partial charge < -0.3 is 10.1 Å². The summed E-state index contributed by atoms with van der Waals surface area (Å²) in [7, 11) is 0. The summed E-state index contributed by atoms with van der Waals surface area (Å²) >= 11 is 3.52. The second-order valence-corrected chi connectivity index (χ2v) is 6.82. The van der Waals surface area contributed by atoms with Crippen LogP contribution in [0.15, 0.2) is 46.9 Å². The van der Waals surface area contributed by atoms with Gasteiger partial charge in [-0.3, -0.25) is 0 Å². The van der Waals surface area contributed by atoms with E-state index >= 15 is 0 Å². The van der Waals surface area contributed by atoms with Crippen LogP contribution in [0, 0.1) is 5.82 Å². The lowest BCUT2D eigenvalue weighted by molar-refractivity contribution is 0.302. The van der Waals surface area contributed by atoms with E-state index in [0.717, 1.165) is 34.4 Å². The van der Waals surface area contributed by atoms with Gasteiger partial charge in [0.2, 0.25) is 0 Å². The first kappa shape index (κ1) is 21.9. The number of unbranched alkanes of at least 4 members (excludes halogenated alkanes) is 3. The van der Waals surface area contributed by atoms with Gasteiger partial charge in [-0.15, -0.1) is 12.4 Å². The molecule has 138 valence electrons. The molecule has 0 unspecified atom stereocenters. The molecule has 0 radical (unpaired) electrons. The number of halogens is 3. The lowest BCUT2D eigenvalue weighted by atomic mass is 10.2. The molecule has 1 N–H and O–H groups in total. The van der Waals surface area contributed by atoms with Crippen LogP contribution in [0.3, 0.4) is 0 Å². The van der Waals surface area contributed by atoms with Crippen molar-refractivity contribution >= 4 is 28.3 Å². The summed E-state index contributed by atoms with van der Waals surface area (Å²) in [6.45, 7) is 4.46. The topological polar surface area (TPSA) is 21.3 Å². The average molecular weight is 431 g/mol. The minimum Gasteiger partial charge on any atom is -0.489 e. The molecule has 0 spiro atoms. The maximum Gasteiger partial charge on any atom is 0.124 e. The highest BCUT2D eigenvalue weighted by Gasteiger charge is 2.05. The molecule has 2 aromatic carbocycles. The molecule has 2 rings (SSSR count). The largest absolute Gasteiger partial charge is 0.489 e. The van der Waals surface area contributed by atoms with Gasteiger partial charge in [0.1, 0.15) is 18.2 Å². The smallest absolute Gasteiger partial charge is 0.124 e. The number of ether oxygens (including phenoxy) is 1. The van der Waals surface area contributed by atoms with Gasteiger partial charge in [0.25, 0.3) is 0 Å². The van der Waals surface area contributed by atoms with E-state index in [4.69, 9.17) is 4.74 Å². The van der Waals surface area contributed by atoms with Gasteiger partial charge in [-0.05, 0) is 48.9 Å². The van der Waals surface area contributed by atoms with Crippen LogP contribution in [0.5, 0.6) is 5.75 Å². The van der Waals surface area contributed by atoms with Crippen molar-refractivity contribution in [1.82, 2.24) is 5.32 Å². The van der Waals surface area contributed by atoms with Gasteiger partial charge in [0.15, 0.2) is 0 Å². The summed E-state index contributed by atoms with van der Waals surface area (Å²) in [4.78, 5) is 0. The number of rotatable bonds is 10. The molecule has 0 atom stereocenters. The molecule has 0 aliphatic heterocycles. The van der Waals surface area contributed by atoms with Crippen LogP contribution >= 0.6 is 28.3 Å². The minimum absolute atomic E-state index is 0. The van der Waals surface area contributed by atoms with E-state index in [9.17, 15) is 4.39 Å². The zero-order chi connectivity index (χ0) is 17.2. The summed E-state index contributed by atoms with van der Waals surface area (Å²) in [6.07, 6.45) is 5.03. The summed E-state index contributed by atoms with van der Waals surface area (Å²) in [5.41, 5.74) is 2.08. The first-order chi connectivity index (χ1) is 11.7. The van der Waals surface area contributed by atoms with Gasteiger partial charge >= 0.3 is 0 Å². The Hall–Kier alpha value is -1.10. The van der Waals surface area contributed by atoms with Crippen LogP contribution in [-0.2, 0) is 13.2 Å². The second-order valence-electron chi connectivity index (χ2n) is 5.90. The SMILES string of the molecule is CCCCCCNCc1cc(Br)ccc1OCc1ccc(F)cc1.Cl. The number of hydrogen-bond donors (Lipinski definition) is 1. The standard InChI is InChI=1S/C20H25BrFNO.ClH/c1-2-3-4-5-12-23-14-17-13-18(21)8-11-20(17)24-15-16-6-9-19(22)10-7-16;/h6-11,13,23H,2-5,12,14-15H2,1H3;1H. The van der Waals surface area contributed by atoms with Crippen molar-refractivity contribution in [1.29, 1.82) is 0 Å². The Morgan fingerprint density at radius 1 is 1.04 bits per heavy atom. The van der Waals surface area contributed by atoms with E-state index in [2.05, 4.69) is 34.2 Å². The summed E-state index contributed by atoms with van der Waals surface area (Å²) in [5, 5.41) is 3.48. The highest BCUT2D eigenvalue weighted by molar-refractivity contribution is 9.10. The maximum atomic E-state index is 13.0. The quantitative estimate of drug-likeness (QED) is 0.449. The van der Waals surface area contributed by atoms with Gasteiger partial charge in [-0.25, -0.2) is 4.39 Å². The fraction of sp³-hybridized carbons (Fsp3) is 0.400. The zero-order valence-corrected chi connectivity index (χ0v) is 17.0. The predicted octanol–water partition coefficient (Wildman–Crippen LogP) is 6.26. The molecule has 2 nitrogen and oxygen atoms in total. The van der Waals surface area contributed by atoms with E-state index in [1.165, 1.54) is 37.8 Å². The zero-order valence-electron chi connectivity index (χ0n) is 14.6. The van der Waals surface area contributed by atoms with Crippen molar-refractivity contribution in [2.24, 2.45) is 0 Å². The van der Waals surface area contributed by atoms with Crippen LogP contribution in [-0.4, -0.2) is 6.54 Å². The second kappa shape index (κ2) is 12.3. The molecule has 5 heteroatoms. The predicted molar refractivity (Wildman–Crippen MR) is 108 cm³/mol. The molecule has 2 aromatic rings. The molecular weight excluding hydrogens is 405 g/mol. The third kappa shape index (κ3) is 8.21. The Morgan fingerprint density at radius 2 is 1.80 bits per heavy atom. The van der Waals surface area contributed by atoms with Gasteiger partial charge in [-0.2, -0.15) is 0 Å². The Morgan fingerprint density at radius 3 is 2.52 bits per heavy atom. The van der Waals surface area contributed by atoms with Gasteiger partial charge in [-0.1, -0.05) is 54.2 Å². The van der Waals surface area contributed by atoms with E-state index in [1.54, 1.807) is 12.1 Å². The van der Waals surface area contributed by atoms with Crippen LogP contribution in [0.1, 0.15) is 43.7 Å². The van der Waals surface area contributed by atoms with E-state index in [1.807, 2.05) is 12.1 Å². The van der Waals surface area contributed by atoms with Crippen molar-refractivity contribution in [3.63, 3.8) is 0 Å². The molecule has 25 heavy (non-hydrogen) atoms. The van der Waals surface area contributed by atoms with Crippen molar-refractivity contribution in [3.05, 3.63) is 63.9 Å². The highest BCUT2D eigenvalue weighted by atomic mass is 79.9. The van der Waals surface area contributed by atoms with E-state index < -0.39 is 0 Å². The first-order valence-electron chi connectivity index (χ1n) is 8.55. The molecule has 0 saturated carbocycles. The summed E-state index contributed by atoms with van der Waals surface area (Å²) < 4.78 is 19.9. The Labute approximate surface area is 164 Å². The van der Waals surface area contributed by atoms with Crippen LogP contribution in [0.4, 0.5) is 4.39 Å². The van der Waals surface area contributed by atoms with Gasteiger partial charge in [0.05, 0.1) is 0 Å². The van der Waals surface area contributed by atoms with Crippen molar-refractivity contribution in [2.75, 3.05) is 6.54 Å². The Balaban J connectivity index is 0.00000312. The fourth-order valence-corrected chi connectivity index (χ4v) is 2.88. The Kier molecular flexibility index (Phi) is 10.8. The summed E-state index contributed by atoms with van der Waals surface area (Å²) in [5.74, 6) is 0.638. The molecule has 0 amide bonds. The highest BCUT2D eigenvalue weighted by Crippen LogP contribution is 2.24. The van der Waals surface area contributed by atoms with E-state index in [-0.39, 0.29) is 18.2 Å². The maximum absolute atomic E-state index is 13.0. The molecule has 0 saturated heterocycles. The molecule has 0 fully saturated rings. The Bertz CT molecular complexity index is 622. The first-order valence-corrected chi connectivity index (χ1v) is 9.34. The van der Waals surface area contributed by atoms with E-state index in [0.29, 0.717) is 6.61 Å². The van der Waals surface area contributed by atoms with Crippen molar-refractivity contribution in [3.8, 4) is 5.75 Å². The molecule has 0 bridgehead atoms. The minimum atomic E-state index is -0.227. The third-order valence-corrected chi connectivity index (χ3v) is 4.35. The van der Waals surface area contributed by atoms with Crippen LogP contribution in [0.25, 0.3) is 0 Å². The monoisotopic (exact) mass is 429 g/mol. The summed E-state index contributed by atoms with van der Waals surface area (Å²) in [6, 6.07) is 12.4.